The van der Waals surface area contributed by atoms with Gasteiger partial charge in [0.2, 0.25) is 0 Å². The second-order valence-electron chi connectivity index (χ2n) is 8.66. The van der Waals surface area contributed by atoms with Crippen LogP contribution in [-0.4, -0.2) is 32.8 Å². The Kier molecular flexibility index (Phi) is 6.87. The van der Waals surface area contributed by atoms with Crippen molar-refractivity contribution in [3.8, 4) is 0 Å². The van der Waals surface area contributed by atoms with Crippen LogP contribution in [-0.2, 0) is 15.5 Å². The van der Waals surface area contributed by atoms with E-state index >= 15 is 0 Å². The maximum Gasteiger partial charge on any atom is 0.264 e. The van der Waals surface area contributed by atoms with Gasteiger partial charge in [-0.25, -0.2) is 0 Å². The van der Waals surface area contributed by atoms with Crippen LogP contribution in [0.25, 0.3) is 11.6 Å². The molecule has 3 rings (SSSR count). The molecule has 0 spiro atoms. The second-order valence-corrected chi connectivity index (χ2v) is 10.2. The summed E-state index contributed by atoms with van der Waals surface area (Å²) in [4.78, 5) is 2.07. The first-order chi connectivity index (χ1) is 14.6. The molecule has 0 atom stereocenters. The molecule has 2 aromatic rings. The SMILES string of the molecule is CN(C)c1ccc(C=CC=CC2=C(CCCS(=O)(=O)O)c3ccccc3C2(C)C)cc1. The van der Waals surface area contributed by atoms with Gasteiger partial charge in [0.05, 0.1) is 5.75 Å². The van der Waals surface area contributed by atoms with Crippen LogP contribution in [0, 0.1) is 0 Å². The largest absolute Gasteiger partial charge is 0.378 e. The van der Waals surface area contributed by atoms with Crippen molar-refractivity contribution in [3.05, 3.63) is 89.0 Å². The first-order valence-electron chi connectivity index (χ1n) is 10.5. The normalized spacial score (nSPS) is 15.8. The molecule has 0 heterocycles. The zero-order chi connectivity index (χ0) is 22.6. The van der Waals surface area contributed by atoms with Gasteiger partial charge >= 0.3 is 0 Å². The minimum Gasteiger partial charge on any atom is -0.378 e. The maximum atomic E-state index is 11.2. The molecule has 0 amide bonds. The summed E-state index contributed by atoms with van der Waals surface area (Å²) in [5.41, 5.74) is 6.90. The molecule has 0 aliphatic heterocycles. The van der Waals surface area contributed by atoms with Crippen molar-refractivity contribution in [2.75, 3.05) is 24.7 Å². The van der Waals surface area contributed by atoms with E-state index in [-0.39, 0.29) is 11.2 Å². The van der Waals surface area contributed by atoms with Crippen LogP contribution >= 0.6 is 0 Å². The van der Waals surface area contributed by atoms with Gasteiger partial charge in [-0.3, -0.25) is 4.55 Å². The summed E-state index contributed by atoms with van der Waals surface area (Å²) in [6, 6.07) is 16.7. The topological polar surface area (TPSA) is 57.6 Å². The average Bonchev–Trinajstić information content (AvgIpc) is 2.92. The van der Waals surface area contributed by atoms with Crippen LogP contribution in [0.15, 0.2) is 72.3 Å². The van der Waals surface area contributed by atoms with Crippen molar-refractivity contribution in [3.63, 3.8) is 0 Å². The highest BCUT2D eigenvalue weighted by Crippen LogP contribution is 2.48. The molecule has 0 unspecified atom stereocenters. The van der Waals surface area contributed by atoms with Crippen molar-refractivity contribution < 1.29 is 13.0 Å². The molecule has 1 N–H and O–H groups in total. The molecule has 0 bridgehead atoms. The average molecular weight is 438 g/mol. The zero-order valence-corrected chi connectivity index (χ0v) is 19.5. The van der Waals surface area contributed by atoms with E-state index in [0.717, 1.165) is 16.8 Å². The molecule has 1 aliphatic rings. The number of rotatable bonds is 8. The van der Waals surface area contributed by atoms with Crippen molar-refractivity contribution in [2.45, 2.75) is 32.1 Å². The van der Waals surface area contributed by atoms with E-state index in [2.05, 4.69) is 67.3 Å². The van der Waals surface area contributed by atoms with E-state index in [0.29, 0.717) is 12.8 Å². The van der Waals surface area contributed by atoms with Crippen LogP contribution < -0.4 is 4.90 Å². The first-order valence-corrected chi connectivity index (χ1v) is 12.1. The van der Waals surface area contributed by atoms with E-state index in [4.69, 9.17) is 4.55 Å². The zero-order valence-electron chi connectivity index (χ0n) is 18.7. The van der Waals surface area contributed by atoms with Gasteiger partial charge in [-0.2, -0.15) is 8.42 Å². The van der Waals surface area contributed by atoms with E-state index < -0.39 is 10.1 Å². The lowest BCUT2D eigenvalue weighted by atomic mass is 9.81. The van der Waals surface area contributed by atoms with Gasteiger partial charge in [-0.05, 0) is 52.8 Å². The maximum absolute atomic E-state index is 11.2. The van der Waals surface area contributed by atoms with E-state index in [1.807, 2.05) is 38.4 Å². The number of hydrogen-bond donors (Lipinski definition) is 1. The summed E-state index contributed by atoms with van der Waals surface area (Å²) >= 11 is 0. The molecule has 0 fully saturated rings. The van der Waals surface area contributed by atoms with Gasteiger partial charge in [0.15, 0.2) is 0 Å². The summed E-state index contributed by atoms with van der Waals surface area (Å²) in [5.74, 6) is -0.223. The summed E-state index contributed by atoms with van der Waals surface area (Å²) in [7, 11) is 0.0938. The fraction of sp³-hybridized carbons (Fsp3) is 0.308. The van der Waals surface area contributed by atoms with Crippen LogP contribution in [0.1, 0.15) is 43.4 Å². The highest BCUT2D eigenvalue weighted by atomic mass is 32.2. The molecule has 1 aliphatic carbocycles. The lowest BCUT2D eigenvalue weighted by molar-refractivity contribution is 0.481. The molecule has 0 radical (unpaired) electrons. The Balaban J connectivity index is 1.84. The van der Waals surface area contributed by atoms with Gasteiger partial charge < -0.3 is 4.90 Å². The molecule has 0 saturated carbocycles. The lowest BCUT2D eigenvalue weighted by Crippen LogP contribution is -2.16. The van der Waals surface area contributed by atoms with Crippen molar-refractivity contribution in [1.82, 2.24) is 0 Å². The standard InChI is InChI=1S/C26H31NO3S/c1-26(2)24-14-8-6-11-22(24)23(12-9-19-31(28,29)30)25(26)13-7-5-10-20-15-17-21(18-16-20)27(3)4/h5-8,10-11,13-18H,9,12,19H2,1-4H3,(H,28,29,30). The van der Waals surface area contributed by atoms with Crippen molar-refractivity contribution in [2.24, 2.45) is 0 Å². The highest BCUT2D eigenvalue weighted by Gasteiger charge is 2.35. The van der Waals surface area contributed by atoms with Gasteiger partial charge in [-0.1, -0.05) is 74.5 Å². The molecule has 164 valence electrons. The molecule has 2 aromatic carbocycles. The Morgan fingerprint density at radius 2 is 1.61 bits per heavy atom. The van der Waals surface area contributed by atoms with E-state index in [9.17, 15) is 8.42 Å². The minimum atomic E-state index is -3.95. The third-order valence-electron chi connectivity index (χ3n) is 5.83. The van der Waals surface area contributed by atoms with Crippen molar-refractivity contribution >= 4 is 27.5 Å². The van der Waals surface area contributed by atoms with Crippen LogP contribution in [0.5, 0.6) is 0 Å². The Bertz CT molecular complexity index is 1120. The van der Waals surface area contributed by atoms with Gasteiger partial charge in [0.1, 0.15) is 0 Å². The fourth-order valence-electron chi connectivity index (χ4n) is 4.17. The second kappa shape index (κ2) is 9.25. The molecule has 0 saturated heterocycles. The number of allylic oxidation sites excluding steroid dienone is 5. The van der Waals surface area contributed by atoms with Crippen LogP contribution in [0.2, 0.25) is 0 Å². The van der Waals surface area contributed by atoms with Crippen LogP contribution in [0.3, 0.4) is 0 Å². The minimum absolute atomic E-state index is 0.165. The van der Waals surface area contributed by atoms with Gasteiger partial charge in [0.25, 0.3) is 10.1 Å². The number of nitrogens with zero attached hydrogens (tertiary/aromatic N) is 1. The number of fused-ring (bicyclic) bond motifs is 1. The third-order valence-corrected chi connectivity index (χ3v) is 6.63. The Hall–Kier alpha value is -2.63. The lowest BCUT2D eigenvalue weighted by Gasteiger charge is -2.22. The third kappa shape index (κ3) is 5.54. The van der Waals surface area contributed by atoms with Crippen molar-refractivity contribution in [1.29, 1.82) is 0 Å². The molecule has 5 heteroatoms. The van der Waals surface area contributed by atoms with E-state index in [1.165, 1.54) is 16.7 Å². The molecule has 0 aromatic heterocycles. The van der Waals surface area contributed by atoms with Gasteiger partial charge in [-0.15, -0.1) is 0 Å². The summed E-state index contributed by atoms with van der Waals surface area (Å²) < 4.78 is 31.5. The Morgan fingerprint density at radius 3 is 2.26 bits per heavy atom. The summed E-state index contributed by atoms with van der Waals surface area (Å²) in [6.07, 6.45) is 9.29. The smallest absolute Gasteiger partial charge is 0.264 e. The predicted molar refractivity (Wildman–Crippen MR) is 131 cm³/mol. The van der Waals surface area contributed by atoms with Gasteiger partial charge in [0, 0.05) is 25.2 Å². The predicted octanol–water partition coefficient (Wildman–Crippen LogP) is 5.74. The molecular formula is C26H31NO3S. The Morgan fingerprint density at radius 1 is 0.968 bits per heavy atom. The highest BCUT2D eigenvalue weighted by molar-refractivity contribution is 7.85. The molecule has 4 nitrogen and oxygen atoms in total. The monoisotopic (exact) mass is 437 g/mol. The number of hydrogen-bond acceptors (Lipinski definition) is 3. The molecule has 31 heavy (non-hydrogen) atoms. The summed E-state index contributed by atoms with van der Waals surface area (Å²) in [5, 5.41) is 0. The fourth-order valence-corrected chi connectivity index (χ4v) is 4.68. The molecular weight excluding hydrogens is 406 g/mol. The summed E-state index contributed by atoms with van der Waals surface area (Å²) in [6.45, 7) is 4.40. The number of benzene rings is 2. The first kappa shape index (κ1) is 23.0. The Labute approximate surface area is 186 Å². The van der Waals surface area contributed by atoms with Crippen LogP contribution in [0.4, 0.5) is 5.69 Å². The number of anilines is 1. The quantitative estimate of drug-likeness (QED) is 0.423. The van der Waals surface area contributed by atoms with E-state index in [1.54, 1.807) is 0 Å².